The molecule has 2 aromatic rings. The van der Waals surface area contributed by atoms with Crippen LogP contribution in [0.1, 0.15) is 29.7 Å². The van der Waals surface area contributed by atoms with Gasteiger partial charge in [0.1, 0.15) is 0 Å². The van der Waals surface area contributed by atoms with Crippen LogP contribution in [0.2, 0.25) is 0 Å². The van der Waals surface area contributed by atoms with Crippen molar-refractivity contribution < 1.29 is 13.2 Å². The van der Waals surface area contributed by atoms with Crippen molar-refractivity contribution in [3.63, 3.8) is 0 Å². The first-order chi connectivity index (χ1) is 12.4. The lowest BCUT2D eigenvalue weighted by atomic mass is 9.89. The average Bonchev–Trinajstić information content (AvgIpc) is 2.97. The summed E-state index contributed by atoms with van der Waals surface area (Å²) in [5.41, 5.74) is 1.04. The van der Waals surface area contributed by atoms with Crippen molar-refractivity contribution in [3.8, 4) is 0 Å². The van der Waals surface area contributed by atoms with E-state index < -0.39 is 5.51 Å². The number of thioether (sulfide) groups is 1. The molecule has 3 heterocycles. The van der Waals surface area contributed by atoms with E-state index in [0.717, 1.165) is 48.3 Å². The van der Waals surface area contributed by atoms with E-state index in [1.165, 1.54) is 5.57 Å². The summed E-state index contributed by atoms with van der Waals surface area (Å²) in [5.74, 6) is 0. The number of nitrogens with zero attached hydrogens (tertiary/aromatic N) is 2. The summed E-state index contributed by atoms with van der Waals surface area (Å²) in [5, 5.41) is 0. The Labute approximate surface area is 155 Å². The van der Waals surface area contributed by atoms with Crippen molar-refractivity contribution in [3.05, 3.63) is 58.9 Å². The molecule has 0 amide bonds. The molecule has 0 spiro atoms. The smallest absolute Gasteiger partial charge is 0.323 e. The van der Waals surface area contributed by atoms with E-state index >= 15 is 0 Å². The van der Waals surface area contributed by atoms with E-state index in [4.69, 9.17) is 0 Å². The maximum Gasteiger partial charge on any atom is 0.446 e. The first kappa shape index (κ1) is 17.5. The van der Waals surface area contributed by atoms with E-state index in [1.54, 1.807) is 18.2 Å². The highest BCUT2D eigenvalue weighted by atomic mass is 32.2. The Kier molecular flexibility index (Phi) is 4.49. The molecule has 0 aliphatic carbocycles. The number of hydrogen-bond acceptors (Lipinski definition) is 2. The van der Waals surface area contributed by atoms with Crippen LogP contribution < -0.4 is 0 Å². The highest BCUT2D eigenvalue weighted by Gasteiger charge is 2.30. The molecule has 2 aliphatic rings. The Morgan fingerprint density at radius 1 is 1.08 bits per heavy atom. The summed E-state index contributed by atoms with van der Waals surface area (Å²) in [6.45, 7) is 1.94. The molecule has 1 saturated heterocycles. The number of likely N-dealkylation sites (tertiary alicyclic amines) is 1. The third-order valence-corrected chi connectivity index (χ3v) is 5.64. The Morgan fingerprint density at radius 3 is 2.58 bits per heavy atom. The van der Waals surface area contributed by atoms with E-state index in [9.17, 15) is 13.2 Å². The van der Waals surface area contributed by atoms with Crippen LogP contribution in [0, 0.1) is 0 Å². The largest absolute Gasteiger partial charge is 0.446 e. The third kappa shape index (κ3) is 3.48. The highest BCUT2D eigenvalue weighted by molar-refractivity contribution is 8.00. The highest BCUT2D eigenvalue weighted by Crippen LogP contribution is 2.42. The summed E-state index contributed by atoms with van der Waals surface area (Å²) in [4.78, 5) is 2.52. The minimum atomic E-state index is -4.28. The first-order valence-electron chi connectivity index (χ1n) is 8.57. The number of halogens is 3. The van der Waals surface area contributed by atoms with Gasteiger partial charge in [0.15, 0.2) is 0 Å². The molecule has 0 unspecified atom stereocenters. The van der Waals surface area contributed by atoms with Gasteiger partial charge in [-0.1, -0.05) is 11.6 Å². The van der Waals surface area contributed by atoms with Gasteiger partial charge in [0.05, 0.1) is 5.69 Å². The topological polar surface area (TPSA) is 8.17 Å². The summed E-state index contributed by atoms with van der Waals surface area (Å²) in [6.07, 6.45) is 7.81. The maximum atomic E-state index is 12.9. The zero-order valence-corrected chi connectivity index (χ0v) is 15.2. The molecule has 0 N–H and O–H groups in total. The van der Waals surface area contributed by atoms with Crippen LogP contribution in [-0.2, 0) is 0 Å². The molecule has 2 aliphatic heterocycles. The molecule has 26 heavy (non-hydrogen) atoms. The summed E-state index contributed by atoms with van der Waals surface area (Å²) >= 11 is -0.0489. The summed E-state index contributed by atoms with van der Waals surface area (Å²) < 4.78 is 40.6. The molecule has 0 radical (unpaired) electrons. The fraction of sp³-hybridized carbons (Fsp3) is 0.300. The summed E-state index contributed by atoms with van der Waals surface area (Å²) in [6, 6.07) is 9.07. The Bertz CT molecular complexity index is 883. The van der Waals surface area contributed by atoms with Crippen LogP contribution in [0.5, 0.6) is 0 Å². The zero-order valence-electron chi connectivity index (χ0n) is 14.4. The van der Waals surface area contributed by atoms with Gasteiger partial charge in [-0.3, -0.25) is 0 Å². The fourth-order valence-electron chi connectivity index (χ4n) is 3.64. The minimum Gasteiger partial charge on any atom is -0.323 e. The molecule has 2 nitrogen and oxygen atoms in total. The van der Waals surface area contributed by atoms with Crippen LogP contribution in [0.25, 0.3) is 17.8 Å². The van der Waals surface area contributed by atoms with Crippen molar-refractivity contribution in [2.45, 2.75) is 23.2 Å². The minimum absolute atomic E-state index is 0.0489. The Hall–Kier alpha value is -1.92. The van der Waals surface area contributed by atoms with E-state index in [-0.39, 0.29) is 16.7 Å². The molecule has 0 bridgehead atoms. The van der Waals surface area contributed by atoms with Gasteiger partial charge in [0, 0.05) is 36.0 Å². The number of alkyl halides is 3. The average molecular weight is 376 g/mol. The number of aromatic nitrogens is 1. The van der Waals surface area contributed by atoms with Gasteiger partial charge in [-0.2, -0.15) is 13.2 Å². The molecule has 6 heteroatoms. The van der Waals surface area contributed by atoms with E-state index in [2.05, 4.69) is 16.5 Å². The van der Waals surface area contributed by atoms with Crippen LogP contribution >= 0.6 is 11.8 Å². The maximum absolute atomic E-state index is 12.9. The number of hydrogen-bond donors (Lipinski definition) is 0. The van der Waals surface area contributed by atoms with Gasteiger partial charge in [0.25, 0.3) is 0 Å². The molecule has 4 rings (SSSR count). The number of fused-ring (bicyclic) bond motifs is 2. The van der Waals surface area contributed by atoms with Crippen molar-refractivity contribution in [1.29, 1.82) is 0 Å². The van der Waals surface area contributed by atoms with Crippen molar-refractivity contribution in [1.82, 2.24) is 9.47 Å². The van der Waals surface area contributed by atoms with Gasteiger partial charge >= 0.3 is 5.51 Å². The number of rotatable bonds is 1. The molecular weight excluding hydrogens is 357 g/mol. The summed E-state index contributed by atoms with van der Waals surface area (Å²) in [7, 11) is 2.10. The van der Waals surface area contributed by atoms with Crippen LogP contribution in [0.4, 0.5) is 13.2 Å². The van der Waals surface area contributed by atoms with Crippen LogP contribution in [0.15, 0.2) is 47.0 Å². The zero-order chi connectivity index (χ0) is 18.3. The second-order valence-corrected chi connectivity index (χ2v) is 7.83. The second kappa shape index (κ2) is 6.67. The van der Waals surface area contributed by atoms with E-state index in [1.807, 2.05) is 30.6 Å². The number of benzene rings is 1. The molecule has 1 aromatic carbocycles. The molecular formula is C20H19F3N2S. The Morgan fingerprint density at radius 2 is 1.85 bits per heavy atom. The SMILES string of the molecule is CN1CCC(=C2c3cc(SC(F)(F)F)ccc3C=Cn3cccc32)CC1. The quantitative estimate of drug-likeness (QED) is 0.513. The van der Waals surface area contributed by atoms with Gasteiger partial charge in [0.2, 0.25) is 0 Å². The molecule has 1 aromatic heterocycles. The second-order valence-electron chi connectivity index (χ2n) is 6.70. The fourth-order valence-corrected chi connectivity index (χ4v) is 4.22. The van der Waals surface area contributed by atoms with Gasteiger partial charge in [-0.15, -0.1) is 0 Å². The van der Waals surface area contributed by atoms with Gasteiger partial charge in [-0.25, -0.2) is 0 Å². The predicted molar refractivity (Wildman–Crippen MR) is 101 cm³/mol. The molecule has 0 atom stereocenters. The third-order valence-electron chi connectivity index (χ3n) is 4.92. The standard InChI is InChI=1S/C20H19F3N2S/c1-24-10-6-15(7-11-24)19-17-13-16(26-20(21,22)23)5-4-14(17)8-12-25-9-2-3-18(19)25/h2-5,8-9,12-13H,6-7,10-11H2,1H3. The first-order valence-corrected chi connectivity index (χ1v) is 9.38. The Balaban J connectivity index is 1.87. The van der Waals surface area contributed by atoms with Crippen molar-refractivity contribution in [2.75, 3.05) is 20.1 Å². The number of piperidine rings is 1. The molecule has 136 valence electrons. The van der Waals surface area contributed by atoms with Crippen LogP contribution in [-0.4, -0.2) is 35.1 Å². The van der Waals surface area contributed by atoms with Gasteiger partial charge < -0.3 is 9.47 Å². The lowest BCUT2D eigenvalue weighted by Crippen LogP contribution is -2.27. The molecule has 1 fully saturated rings. The van der Waals surface area contributed by atoms with Gasteiger partial charge in [-0.05, 0) is 73.1 Å². The monoisotopic (exact) mass is 376 g/mol. The normalized spacial score (nSPS) is 17.8. The van der Waals surface area contributed by atoms with Crippen molar-refractivity contribution in [2.24, 2.45) is 0 Å². The molecule has 0 saturated carbocycles. The lowest BCUT2D eigenvalue weighted by Gasteiger charge is -2.27. The lowest BCUT2D eigenvalue weighted by molar-refractivity contribution is -0.0328. The predicted octanol–water partition coefficient (Wildman–Crippen LogP) is 5.57. The van der Waals surface area contributed by atoms with E-state index in [0.29, 0.717) is 0 Å². The van der Waals surface area contributed by atoms with Crippen LogP contribution in [0.3, 0.4) is 0 Å². The van der Waals surface area contributed by atoms with Crippen molar-refractivity contribution >= 4 is 29.6 Å².